The third-order valence-corrected chi connectivity index (χ3v) is 4.26. The Balaban J connectivity index is 1.80. The van der Waals surface area contributed by atoms with E-state index >= 15 is 0 Å². The fourth-order valence-electron chi connectivity index (χ4n) is 2.59. The van der Waals surface area contributed by atoms with Gasteiger partial charge in [0, 0.05) is 0 Å². The minimum absolute atomic E-state index is 0.254. The van der Waals surface area contributed by atoms with Gasteiger partial charge in [-0.25, -0.2) is 0 Å². The average Bonchev–Trinajstić information content (AvgIpc) is 2.60. The second-order valence-corrected chi connectivity index (χ2v) is 6.07. The molecule has 0 aromatic heterocycles. The molecule has 2 atom stereocenters. The number of ether oxygens (including phenoxy) is 1. The molecule has 0 fully saturated rings. The molecule has 7 nitrogen and oxygen atoms in total. The minimum Gasteiger partial charge on any atom is -0.484 e. The van der Waals surface area contributed by atoms with E-state index in [1.165, 1.54) is 0 Å². The summed E-state index contributed by atoms with van der Waals surface area (Å²) in [5, 5.41) is 9.17. The largest absolute Gasteiger partial charge is 0.484 e. The van der Waals surface area contributed by atoms with Crippen LogP contribution >= 0.6 is 0 Å². The summed E-state index contributed by atoms with van der Waals surface area (Å²) in [5.41, 5.74) is 6.71. The van der Waals surface area contributed by atoms with E-state index in [1.807, 2.05) is 26.0 Å². The Kier molecular flexibility index (Phi) is 6.16. The lowest BCUT2D eigenvalue weighted by atomic mass is 9.82. The van der Waals surface area contributed by atoms with Gasteiger partial charge >= 0.3 is 5.97 Å². The van der Waals surface area contributed by atoms with E-state index in [9.17, 15) is 14.4 Å². The van der Waals surface area contributed by atoms with Crippen molar-refractivity contribution in [3.8, 4) is 5.75 Å². The molecule has 0 bridgehead atoms. The average molecular weight is 346 g/mol. The number of hydrogen-bond acceptors (Lipinski definition) is 4. The maximum Gasteiger partial charge on any atom is 0.307 e. The Morgan fingerprint density at radius 3 is 2.40 bits per heavy atom. The number of allylic oxidation sites excluding steroid dienone is 2. The van der Waals surface area contributed by atoms with E-state index in [4.69, 9.17) is 9.84 Å². The molecular formula is C18H22N2O5. The fourth-order valence-corrected chi connectivity index (χ4v) is 2.59. The van der Waals surface area contributed by atoms with Crippen molar-refractivity contribution in [2.75, 3.05) is 6.61 Å². The van der Waals surface area contributed by atoms with Crippen molar-refractivity contribution in [3.05, 3.63) is 41.5 Å². The summed E-state index contributed by atoms with van der Waals surface area (Å²) < 4.78 is 5.37. The van der Waals surface area contributed by atoms with Crippen LogP contribution < -0.4 is 15.6 Å². The predicted octanol–water partition coefficient (Wildman–Crippen LogP) is 1.50. The number of benzene rings is 1. The molecule has 0 saturated heterocycles. The Bertz CT molecular complexity index is 699. The summed E-state index contributed by atoms with van der Waals surface area (Å²) >= 11 is 0. The van der Waals surface area contributed by atoms with E-state index in [1.54, 1.807) is 18.2 Å². The van der Waals surface area contributed by atoms with Gasteiger partial charge in [0.15, 0.2) is 6.61 Å². The molecule has 1 aromatic carbocycles. The van der Waals surface area contributed by atoms with E-state index in [0.717, 1.165) is 11.1 Å². The Hall–Kier alpha value is -2.83. The van der Waals surface area contributed by atoms with Crippen molar-refractivity contribution in [1.29, 1.82) is 0 Å². The zero-order chi connectivity index (χ0) is 18.4. The molecule has 134 valence electrons. The zero-order valence-electron chi connectivity index (χ0n) is 14.2. The lowest BCUT2D eigenvalue weighted by Crippen LogP contribution is -2.48. The highest BCUT2D eigenvalue weighted by molar-refractivity contribution is 5.87. The van der Waals surface area contributed by atoms with Gasteiger partial charge < -0.3 is 9.84 Å². The minimum atomic E-state index is -1.02. The second-order valence-electron chi connectivity index (χ2n) is 6.07. The first-order valence-electron chi connectivity index (χ1n) is 8.05. The summed E-state index contributed by atoms with van der Waals surface area (Å²) in [4.78, 5) is 35.1. The first-order chi connectivity index (χ1) is 11.9. The van der Waals surface area contributed by atoms with Crippen LogP contribution in [0.2, 0.25) is 0 Å². The molecule has 7 heteroatoms. The van der Waals surface area contributed by atoms with Gasteiger partial charge in [-0.05, 0) is 49.9 Å². The lowest BCUT2D eigenvalue weighted by molar-refractivity contribution is -0.147. The maximum absolute atomic E-state index is 12.1. The standard InChI is InChI=1S/C18H22N2O5/c1-11-7-8-13(9-12(11)2)25-10-16(21)19-20-17(22)14-5-3-4-6-15(14)18(23)24/h3-4,7-9,14-15H,5-6,10H2,1-2H3,(H,19,21)(H,20,22)(H,23,24)/t14-,15+/m1/s1. The van der Waals surface area contributed by atoms with Crippen LogP contribution in [0.25, 0.3) is 0 Å². The van der Waals surface area contributed by atoms with Gasteiger partial charge in [0.1, 0.15) is 5.75 Å². The van der Waals surface area contributed by atoms with Crippen LogP contribution in [0.15, 0.2) is 30.4 Å². The van der Waals surface area contributed by atoms with Crippen LogP contribution in [0.5, 0.6) is 5.75 Å². The number of nitrogens with one attached hydrogen (secondary N) is 2. The molecule has 1 aliphatic rings. The molecule has 0 spiro atoms. The van der Waals surface area contributed by atoms with Crippen LogP contribution in [0.3, 0.4) is 0 Å². The highest BCUT2D eigenvalue weighted by Gasteiger charge is 2.34. The maximum atomic E-state index is 12.1. The van der Waals surface area contributed by atoms with Crippen LogP contribution in [-0.2, 0) is 14.4 Å². The molecule has 1 aliphatic carbocycles. The number of carboxylic acids is 1. The number of hydrazine groups is 1. The Morgan fingerprint density at radius 2 is 1.76 bits per heavy atom. The molecule has 0 radical (unpaired) electrons. The number of carbonyl (C=O) groups excluding carboxylic acids is 2. The van der Waals surface area contributed by atoms with Gasteiger partial charge in [0.25, 0.3) is 5.91 Å². The number of rotatable bonds is 5. The first kappa shape index (κ1) is 18.5. The highest BCUT2D eigenvalue weighted by Crippen LogP contribution is 2.25. The van der Waals surface area contributed by atoms with Crippen molar-refractivity contribution in [2.24, 2.45) is 11.8 Å². The van der Waals surface area contributed by atoms with E-state index in [0.29, 0.717) is 18.6 Å². The molecule has 2 rings (SSSR count). The quantitative estimate of drug-likeness (QED) is 0.553. The smallest absolute Gasteiger partial charge is 0.307 e. The van der Waals surface area contributed by atoms with Gasteiger partial charge in [-0.3, -0.25) is 25.2 Å². The number of aliphatic carboxylic acids is 1. The van der Waals surface area contributed by atoms with Gasteiger partial charge in [0.2, 0.25) is 5.91 Å². The number of hydrogen-bond donors (Lipinski definition) is 3. The third kappa shape index (κ3) is 5.07. The van der Waals surface area contributed by atoms with Crippen molar-refractivity contribution >= 4 is 17.8 Å². The number of amides is 2. The topological polar surface area (TPSA) is 105 Å². The molecule has 1 aromatic rings. The molecule has 0 aliphatic heterocycles. The van der Waals surface area contributed by atoms with Crippen LogP contribution in [0.1, 0.15) is 24.0 Å². The van der Waals surface area contributed by atoms with Crippen molar-refractivity contribution in [3.63, 3.8) is 0 Å². The lowest BCUT2D eigenvalue weighted by Gasteiger charge is -2.24. The number of carbonyl (C=O) groups is 3. The third-order valence-electron chi connectivity index (χ3n) is 4.26. The predicted molar refractivity (Wildman–Crippen MR) is 90.7 cm³/mol. The van der Waals surface area contributed by atoms with Crippen LogP contribution in [-0.4, -0.2) is 29.5 Å². The molecule has 2 amide bonds. The second kappa shape index (κ2) is 8.32. The van der Waals surface area contributed by atoms with Crippen LogP contribution in [0.4, 0.5) is 0 Å². The monoisotopic (exact) mass is 346 g/mol. The highest BCUT2D eigenvalue weighted by atomic mass is 16.5. The summed E-state index contributed by atoms with van der Waals surface area (Å²) in [6.07, 6.45) is 4.15. The SMILES string of the molecule is Cc1ccc(OCC(=O)NNC(=O)[C@@H]2CC=CC[C@@H]2C(=O)O)cc1C. The van der Waals surface area contributed by atoms with Crippen LogP contribution in [0, 0.1) is 25.7 Å². The number of carboxylic acid groups (broad SMARTS) is 1. The molecule has 0 unspecified atom stereocenters. The van der Waals surface area contributed by atoms with E-state index in [-0.39, 0.29) is 6.61 Å². The molecule has 3 N–H and O–H groups in total. The summed E-state index contributed by atoms with van der Waals surface area (Å²) in [5.74, 6) is -2.99. The van der Waals surface area contributed by atoms with E-state index in [2.05, 4.69) is 10.9 Å². The van der Waals surface area contributed by atoms with Gasteiger partial charge in [-0.1, -0.05) is 18.2 Å². The fraction of sp³-hybridized carbons (Fsp3) is 0.389. The molecule has 0 saturated carbocycles. The zero-order valence-corrected chi connectivity index (χ0v) is 14.2. The first-order valence-corrected chi connectivity index (χ1v) is 8.05. The normalized spacial score (nSPS) is 19.1. The molecular weight excluding hydrogens is 324 g/mol. The van der Waals surface area contributed by atoms with E-state index < -0.39 is 29.6 Å². The molecule has 0 heterocycles. The van der Waals surface area contributed by atoms with Gasteiger partial charge in [0.05, 0.1) is 11.8 Å². The number of aryl methyl sites for hydroxylation is 2. The Labute approximate surface area is 146 Å². The van der Waals surface area contributed by atoms with Crippen molar-refractivity contribution in [2.45, 2.75) is 26.7 Å². The Morgan fingerprint density at radius 1 is 1.08 bits per heavy atom. The summed E-state index contributed by atoms with van der Waals surface area (Å²) in [7, 11) is 0. The van der Waals surface area contributed by atoms with Gasteiger partial charge in [-0.15, -0.1) is 0 Å². The molecule has 25 heavy (non-hydrogen) atoms. The van der Waals surface area contributed by atoms with Gasteiger partial charge in [-0.2, -0.15) is 0 Å². The summed E-state index contributed by atoms with van der Waals surface area (Å²) in [6.45, 7) is 3.67. The van der Waals surface area contributed by atoms with Crippen molar-refractivity contribution in [1.82, 2.24) is 10.9 Å². The van der Waals surface area contributed by atoms with Crippen molar-refractivity contribution < 1.29 is 24.2 Å². The summed E-state index contributed by atoms with van der Waals surface area (Å²) in [6, 6.07) is 5.49.